The van der Waals surface area contributed by atoms with Crippen molar-refractivity contribution in [2.45, 2.75) is 9.79 Å². The molecular formula is C27H27N5O12S2. The Kier molecular flexibility index (Phi) is 10.4. The number of phenols is 1. The van der Waals surface area contributed by atoms with Crippen LogP contribution in [0.25, 0.3) is 10.8 Å². The molecule has 4 rings (SSSR count). The van der Waals surface area contributed by atoms with Crippen LogP contribution in [0.2, 0.25) is 0 Å². The third-order valence-electron chi connectivity index (χ3n) is 6.06. The number of benzene rings is 4. The van der Waals surface area contributed by atoms with Gasteiger partial charge in [0.25, 0.3) is 20.2 Å². The SMILES string of the molecule is COc1ccc(N=Nc2cc(OCCO)c(N=Nc3c(S(=O)(=O)O)cc4ccc(N)cc4c3O)cc2OCCO)c(S(=O)(=O)O)c1. The lowest BCUT2D eigenvalue weighted by Crippen LogP contribution is -2.04. The summed E-state index contributed by atoms with van der Waals surface area (Å²) in [4.78, 5) is -1.37. The summed E-state index contributed by atoms with van der Waals surface area (Å²) in [6, 6.07) is 11.4. The average molecular weight is 678 g/mol. The van der Waals surface area contributed by atoms with E-state index < -0.39 is 54.7 Å². The fourth-order valence-corrected chi connectivity index (χ4v) is 5.31. The van der Waals surface area contributed by atoms with Crippen molar-refractivity contribution < 1.29 is 55.5 Å². The van der Waals surface area contributed by atoms with E-state index in [1.807, 2.05) is 0 Å². The first-order chi connectivity index (χ1) is 21.8. The first-order valence-corrected chi connectivity index (χ1v) is 15.8. The second kappa shape index (κ2) is 14.0. The van der Waals surface area contributed by atoms with Gasteiger partial charge < -0.3 is 35.3 Å². The largest absolute Gasteiger partial charge is 0.505 e. The number of nitrogens with two attached hydrogens (primary N) is 1. The number of methoxy groups -OCH3 is 1. The van der Waals surface area contributed by atoms with Gasteiger partial charge in [0.05, 0.1) is 20.3 Å². The summed E-state index contributed by atoms with van der Waals surface area (Å²) in [7, 11) is -8.38. The van der Waals surface area contributed by atoms with E-state index in [-0.39, 0.29) is 64.0 Å². The summed E-state index contributed by atoms with van der Waals surface area (Å²) in [6.45, 7) is -1.40. The van der Waals surface area contributed by atoms with E-state index in [2.05, 4.69) is 20.5 Å². The number of fused-ring (bicyclic) bond motifs is 1. The zero-order chi connectivity index (χ0) is 33.6. The lowest BCUT2D eigenvalue weighted by molar-refractivity contribution is 0.198. The van der Waals surface area contributed by atoms with Gasteiger partial charge in [0.1, 0.15) is 63.0 Å². The van der Waals surface area contributed by atoms with Crippen molar-refractivity contribution in [1.29, 1.82) is 0 Å². The molecule has 244 valence electrons. The molecule has 0 atom stereocenters. The number of rotatable bonds is 13. The molecule has 7 N–H and O–H groups in total. The lowest BCUT2D eigenvalue weighted by Gasteiger charge is -2.13. The van der Waals surface area contributed by atoms with Crippen molar-refractivity contribution in [1.82, 2.24) is 0 Å². The summed E-state index contributed by atoms with van der Waals surface area (Å²) >= 11 is 0. The molecule has 0 saturated heterocycles. The molecule has 0 heterocycles. The third-order valence-corrected chi connectivity index (χ3v) is 7.81. The molecule has 4 aromatic rings. The van der Waals surface area contributed by atoms with Crippen LogP contribution in [0.15, 0.2) is 84.8 Å². The molecule has 0 spiro atoms. The summed E-state index contributed by atoms with van der Waals surface area (Å²) in [5.41, 5.74) is 4.90. The Labute approximate surface area is 261 Å². The van der Waals surface area contributed by atoms with Gasteiger partial charge in [-0.3, -0.25) is 9.11 Å². The molecule has 0 radical (unpaired) electrons. The molecule has 17 nitrogen and oxygen atoms in total. The van der Waals surface area contributed by atoms with Crippen molar-refractivity contribution in [3.05, 3.63) is 54.6 Å². The van der Waals surface area contributed by atoms with Gasteiger partial charge in [-0.25, -0.2) is 0 Å². The predicted molar refractivity (Wildman–Crippen MR) is 163 cm³/mol. The Bertz CT molecular complexity index is 2050. The van der Waals surface area contributed by atoms with E-state index >= 15 is 0 Å². The molecule has 19 heteroatoms. The van der Waals surface area contributed by atoms with Crippen LogP contribution in [-0.4, -0.2) is 74.8 Å². The number of phenolic OH excluding ortho intramolecular Hbond substituents is 1. The van der Waals surface area contributed by atoms with Crippen LogP contribution in [0, 0.1) is 0 Å². The monoisotopic (exact) mass is 677 g/mol. The van der Waals surface area contributed by atoms with E-state index in [0.29, 0.717) is 0 Å². The van der Waals surface area contributed by atoms with Crippen molar-refractivity contribution in [3.63, 3.8) is 0 Å². The first-order valence-electron chi connectivity index (χ1n) is 12.9. The van der Waals surface area contributed by atoms with Gasteiger partial charge in [-0.15, -0.1) is 20.5 Å². The fraction of sp³-hybridized carbons (Fsp3) is 0.185. The van der Waals surface area contributed by atoms with E-state index in [1.54, 1.807) is 0 Å². The zero-order valence-corrected chi connectivity index (χ0v) is 25.4. The van der Waals surface area contributed by atoms with Crippen LogP contribution in [0.4, 0.5) is 28.4 Å². The number of aliphatic hydroxyl groups is 2. The highest BCUT2D eigenvalue weighted by atomic mass is 32.2. The number of azo groups is 2. The summed E-state index contributed by atoms with van der Waals surface area (Å²) in [5, 5.41) is 45.7. The Hall–Kier alpha value is -4.92. The molecule has 0 bridgehead atoms. The number of hydrogen-bond acceptors (Lipinski definition) is 15. The van der Waals surface area contributed by atoms with E-state index in [0.717, 1.165) is 12.1 Å². The minimum atomic E-state index is -4.92. The van der Waals surface area contributed by atoms with Gasteiger partial charge in [-0.2, -0.15) is 16.8 Å². The highest BCUT2D eigenvalue weighted by molar-refractivity contribution is 7.86. The number of anilines is 1. The average Bonchev–Trinajstić information content (AvgIpc) is 3.00. The summed E-state index contributed by atoms with van der Waals surface area (Å²) < 4.78 is 83.9. The van der Waals surface area contributed by atoms with Crippen LogP contribution in [-0.2, 0) is 20.2 Å². The topological polar surface area (TPSA) is 273 Å². The van der Waals surface area contributed by atoms with E-state index in [4.69, 9.17) is 19.9 Å². The van der Waals surface area contributed by atoms with E-state index in [9.17, 15) is 41.3 Å². The highest BCUT2D eigenvalue weighted by Gasteiger charge is 2.23. The standard InChI is InChI=1S/C27H27N5O12S2/c1-42-17-4-5-19(24(12-17)45(36,37)38)29-30-20-13-23(44-9-7-34)21(14-22(20)43-8-6-33)31-32-26-25(46(39,40)41)10-15-2-3-16(28)11-18(15)27(26)35/h2-5,10-14,33-35H,6-9,28H2,1H3,(H,36,37,38)(H,39,40,41). The number of ether oxygens (including phenoxy) is 3. The van der Waals surface area contributed by atoms with Gasteiger partial charge in [0.2, 0.25) is 0 Å². The van der Waals surface area contributed by atoms with Crippen molar-refractivity contribution in [2.75, 3.05) is 39.3 Å². The van der Waals surface area contributed by atoms with Crippen LogP contribution < -0.4 is 19.9 Å². The molecule has 46 heavy (non-hydrogen) atoms. The minimum Gasteiger partial charge on any atom is -0.505 e. The second-order valence-electron chi connectivity index (χ2n) is 9.17. The van der Waals surface area contributed by atoms with Gasteiger partial charge in [-0.05, 0) is 35.7 Å². The fourth-order valence-electron chi connectivity index (χ4n) is 4.01. The van der Waals surface area contributed by atoms with Crippen LogP contribution in [0.3, 0.4) is 0 Å². The maximum atomic E-state index is 12.2. The van der Waals surface area contributed by atoms with Crippen LogP contribution >= 0.6 is 0 Å². The van der Waals surface area contributed by atoms with E-state index in [1.165, 1.54) is 49.6 Å². The number of nitrogen functional groups attached to an aromatic ring is 1. The summed E-state index contributed by atoms with van der Waals surface area (Å²) in [5.74, 6) is -0.761. The molecule has 0 aromatic heterocycles. The molecule has 0 fully saturated rings. The molecule has 4 aromatic carbocycles. The molecular weight excluding hydrogens is 650 g/mol. The molecule has 0 amide bonds. The molecule has 0 saturated carbocycles. The van der Waals surface area contributed by atoms with Crippen LogP contribution in [0.5, 0.6) is 23.0 Å². The quantitative estimate of drug-likeness (QED) is 0.0658. The number of nitrogens with zero attached hydrogens (tertiary/aromatic N) is 4. The molecule has 0 aliphatic heterocycles. The van der Waals surface area contributed by atoms with Crippen LogP contribution in [0.1, 0.15) is 0 Å². The van der Waals surface area contributed by atoms with Gasteiger partial charge in [0.15, 0.2) is 5.75 Å². The van der Waals surface area contributed by atoms with Crippen molar-refractivity contribution in [3.8, 4) is 23.0 Å². The number of aromatic hydroxyl groups is 1. The Morgan fingerprint density at radius 1 is 0.717 bits per heavy atom. The molecule has 0 unspecified atom stereocenters. The minimum absolute atomic E-state index is 0.0971. The molecule has 0 aliphatic rings. The smallest absolute Gasteiger partial charge is 0.296 e. The van der Waals surface area contributed by atoms with Crippen molar-refractivity contribution >= 4 is 59.4 Å². The normalized spacial score (nSPS) is 12.3. The maximum Gasteiger partial charge on any atom is 0.296 e. The second-order valence-corrected chi connectivity index (χ2v) is 11.9. The predicted octanol–water partition coefficient (Wildman–Crippen LogP) is 4.20. The highest BCUT2D eigenvalue weighted by Crippen LogP contribution is 2.45. The zero-order valence-electron chi connectivity index (χ0n) is 23.8. The Balaban J connectivity index is 1.88. The Morgan fingerprint density at radius 2 is 1.28 bits per heavy atom. The van der Waals surface area contributed by atoms with Gasteiger partial charge >= 0.3 is 0 Å². The van der Waals surface area contributed by atoms with Gasteiger partial charge in [-0.1, -0.05) is 6.07 Å². The lowest BCUT2D eigenvalue weighted by atomic mass is 10.1. The first kappa shape index (κ1) is 34.0. The number of hydrogen-bond donors (Lipinski definition) is 6. The Morgan fingerprint density at radius 3 is 1.83 bits per heavy atom. The summed E-state index contributed by atoms with van der Waals surface area (Å²) in [6.07, 6.45) is 0. The van der Waals surface area contributed by atoms with Crippen molar-refractivity contribution in [2.24, 2.45) is 20.5 Å². The maximum absolute atomic E-state index is 12.2. The number of aliphatic hydroxyl groups excluding tert-OH is 2. The third kappa shape index (κ3) is 7.83. The van der Waals surface area contributed by atoms with Gasteiger partial charge in [0, 0.05) is 29.3 Å². The molecule has 0 aliphatic carbocycles.